The van der Waals surface area contributed by atoms with Gasteiger partial charge in [0.25, 0.3) is 0 Å². The summed E-state index contributed by atoms with van der Waals surface area (Å²) in [5, 5.41) is 10.1. The van der Waals surface area contributed by atoms with E-state index < -0.39 is 5.97 Å². The van der Waals surface area contributed by atoms with Crippen LogP contribution in [0.25, 0.3) is 0 Å². The molecule has 0 heterocycles. The summed E-state index contributed by atoms with van der Waals surface area (Å²) in [6.07, 6.45) is 2.79. The Morgan fingerprint density at radius 2 is 1.95 bits per heavy atom. The third kappa shape index (κ3) is 3.75. The van der Waals surface area contributed by atoms with E-state index in [1.165, 1.54) is 5.56 Å². The minimum absolute atomic E-state index is 0.174. The molecule has 3 heteroatoms. The molecule has 3 unspecified atom stereocenters. The van der Waals surface area contributed by atoms with Gasteiger partial charge in [-0.2, -0.15) is 11.8 Å². The van der Waals surface area contributed by atoms with Gasteiger partial charge in [0.2, 0.25) is 0 Å². The van der Waals surface area contributed by atoms with Crippen LogP contribution in [0.15, 0.2) is 30.3 Å². The molecule has 19 heavy (non-hydrogen) atoms. The maximum Gasteiger partial charge on any atom is 0.307 e. The summed E-state index contributed by atoms with van der Waals surface area (Å²) in [7, 11) is 0. The highest BCUT2D eigenvalue weighted by Crippen LogP contribution is 2.42. The monoisotopic (exact) mass is 278 g/mol. The molecule has 1 saturated carbocycles. The van der Waals surface area contributed by atoms with Crippen molar-refractivity contribution in [1.29, 1.82) is 0 Å². The van der Waals surface area contributed by atoms with Crippen molar-refractivity contribution >= 4 is 17.7 Å². The maximum atomic E-state index is 11.4. The molecular weight excluding hydrogens is 256 g/mol. The van der Waals surface area contributed by atoms with Crippen LogP contribution in [-0.2, 0) is 4.79 Å². The summed E-state index contributed by atoms with van der Waals surface area (Å²) in [5.74, 6) is -0.273. The molecule has 2 nitrogen and oxygen atoms in total. The molecule has 1 aromatic rings. The largest absolute Gasteiger partial charge is 0.481 e. The second-order valence-corrected chi connectivity index (χ2v) is 7.41. The average Bonchev–Trinajstić information content (AvgIpc) is 2.38. The van der Waals surface area contributed by atoms with E-state index in [4.69, 9.17) is 0 Å². The van der Waals surface area contributed by atoms with Crippen LogP contribution in [0.5, 0.6) is 0 Å². The first-order chi connectivity index (χ1) is 9.08. The quantitative estimate of drug-likeness (QED) is 0.898. The Morgan fingerprint density at radius 1 is 1.26 bits per heavy atom. The zero-order valence-corrected chi connectivity index (χ0v) is 12.4. The Labute approximate surface area is 119 Å². The molecule has 1 aliphatic rings. The van der Waals surface area contributed by atoms with Gasteiger partial charge in [-0.05, 0) is 36.0 Å². The van der Waals surface area contributed by atoms with Crippen molar-refractivity contribution in [2.75, 3.05) is 0 Å². The van der Waals surface area contributed by atoms with E-state index in [2.05, 4.69) is 38.1 Å². The molecule has 1 aliphatic carbocycles. The molecule has 0 bridgehead atoms. The zero-order chi connectivity index (χ0) is 13.8. The molecule has 0 aromatic heterocycles. The van der Waals surface area contributed by atoms with Crippen LogP contribution in [0.2, 0.25) is 0 Å². The summed E-state index contributed by atoms with van der Waals surface area (Å²) < 4.78 is 0. The van der Waals surface area contributed by atoms with Gasteiger partial charge in [0, 0.05) is 5.25 Å². The molecule has 0 aliphatic heterocycles. The molecule has 1 N–H and O–H groups in total. The summed E-state index contributed by atoms with van der Waals surface area (Å²) in [6, 6.07) is 10.5. The number of hydrogen-bond donors (Lipinski definition) is 1. The van der Waals surface area contributed by atoms with Crippen molar-refractivity contribution in [1.82, 2.24) is 0 Å². The normalized spacial score (nSPS) is 27.4. The lowest BCUT2D eigenvalue weighted by Crippen LogP contribution is -2.33. The van der Waals surface area contributed by atoms with E-state index in [9.17, 15) is 9.90 Å². The van der Waals surface area contributed by atoms with Crippen LogP contribution in [0.4, 0.5) is 0 Å². The molecule has 0 spiro atoms. The molecule has 104 valence electrons. The lowest BCUT2D eigenvalue weighted by atomic mass is 9.78. The number of carboxylic acids is 1. The minimum Gasteiger partial charge on any atom is -0.481 e. The fraction of sp³-hybridized carbons (Fsp3) is 0.562. The zero-order valence-electron chi connectivity index (χ0n) is 11.6. The highest BCUT2D eigenvalue weighted by Gasteiger charge is 2.36. The summed E-state index contributed by atoms with van der Waals surface area (Å²) in [6.45, 7) is 4.30. The van der Waals surface area contributed by atoms with E-state index in [0.29, 0.717) is 11.2 Å². The lowest BCUT2D eigenvalue weighted by Gasteiger charge is -2.34. The SMILES string of the molecule is CC(C)SC1CC(c2ccccc2)CCC1C(=O)O. The smallest absolute Gasteiger partial charge is 0.307 e. The Kier molecular flexibility index (Phi) is 4.92. The molecule has 0 radical (unpaired) electrons. The van der Waals surface area contributed by atoms with Gasteiger partial charge < -0.3 is 5.11 Å². The van der Waals surface area contributed by atoms with Crippen molar-refractivity contribution < 1.29 is 9.90 Å². The van der Waals surface area contributed by atoms with E-state index >= 15 is 0 Å². The first kappa shape index (κ1) is 14.4. The number of carbonyl (C=O) groups is 1. The summed E-state index contributed by atoms with van der Waals surface area (Å²) in [4.78, 5) is 11.4. The van der Waals surface area contributed by atoms with E-state index in [0.717, 1.165) is 19.3 Å². The molecule has 0 amide bonds. The molecule has 2 rings (SSSR count). The summed E-state index contributed by atoms with van der Waals surface area (Å²) >= 11 is 1.83. The predicted molar refractivity (Wildman–Crippen MR) is 80.7 cm³/mol. The third-order valence-electron chi connectivity index (χ3n) is 3.83. The third-order valence-corrected chi connectivity index (χ3v) is 5.24. The molecule has 1 aromatic carbocycles. The van der Waals surface area contributed by atoms with Crippen LogP contribution < -0.4 is 0 Å². The van der Waals surface area contributed by atoms with Crippen molar-refractivity contribution in [3.05, 3.63) is 35.9 Å². The number of thioether (sulfide) groups is 1. The Morgan fingerprint density at radius 3 is 2.53 bits per heavy atom. The fourth-order valence-corrected chi connectivity index (χ4v) is 4.42. The van der Waals surface area contributed by atoms with Crippen molar-refractivity contribution in [2.24, 2.45) is 5.92 Å². The number of benzene rings is 1. The molecule has 0 saturated heterocycles. The maximum absolute atomic E-state index is 11.4. The van der Waals surface area contributed by atoms with Gasteiger partial charge in [-0.25, -0.2) is 0 Å². The second-order valence-electron chi connectivity index (χ2n) is 5.59. The average molecular weight is 278 g/mol. The van der Waals surface area contributed by atoms with Crippen LogP contribution in [0.3, 0.4) is 0 Å². The van der Waals surface area contributed by atoms with Crippen LogP contribution >= 0.6 is 11.8 Å². The highest BCUT2D eigenvalue weighted by molar-refractivity contribution is 8.00. The van der Waals surface area contributed by atoms with Gasteiger partial charge in [0.15, 0.2) is 0 Å². The van der Waals surface area contributed by atoms with E-state index in [1.54, 1.807) is 0 Å². The van der Waals surface area contributed by atoms with Crippen LogP contribution in [-0.4, -0.2) is 21.6 Å². The van der Waals surface area contributed by atoms with Crippen molar-refractivity contribution in [3.8, 4) is 0 Å². The van der Waals surface area contributed by atoms with Gasteiger partial charge in [-0.15, -0.1) is 0 Å². The van der Waals surface area contributed by atoms with Crippen LogP contribution in [0.1, 0.15) is 44.6 Å². The van der Waals surface area contributed by atoms with Crippen LogP contribution in [0, 0.1) is 5.92 Å². The van der Waals surface area contributed by atoms with Gasteiger partial charge in [-0.3, -0.25) is 4.79 Å². The number of rotatable bonds is 4. The predicted octanol–water partition coefficient (Wildman–Crippen LogP) is 4.17. The van der Waals surface area contributed by atoms with E-state index in [1.807, 2.05) is 17.8 Å². The van der Waals surface area contributed by atoms with Crippen molar-refractivity contribution in [3.63, 3.8) is 0 Å². The highest BCUT2D eigenvalue weighted by atomic mass is 32.2. The number of carboxylic acid groups (broad SMARTS) is 1. The topological polar surface area (TPSA) is 37.3 Å². The standard InChI is InChI=1S/C16H22O2S/c1-11(2)19-15-10-13(8-9-14(15)16(17)18)12-6-4-3-5-7-12/h3-7,11,13-15H,8-10H2,1-2H3,(H,17,18). The van der Waals surface area contributed by atoms with E-state index in [-0.39, 0.29) is 11.2 Å². The van der Waals surface area contributed by atoms with Gasteiger partial charge in [0.05, 0.1) is 5.92 Å². The van der Waals surface area contributed by atoms with Crippen molar-refractivity contribution in [2.45, 2.75) is 49.5 Å². The Balaban J connectivity index is 2.10. The number of aliphatic carboxylic acids is 1. The first-order valence-corrected chi connectivity index (χ1v) is 7.95. The summed E-state index contributed by atoms with van der Waals surface area (Å²) in [5.41, 5.74) is 1.36. The van der Waals surface area contributed by atoms with Gasteiger partial charge >= 0.3 is 5.97 Å². The molecule has 1 fully saturated rings. The molecule has 3 atom stereocenters. The van der Waals surface area contributed by atoms with Gasteiger partial charge in [-0.1, -0.05) is 44.2 Å². The first-order valence-electron chi connectivity index (χ1n) is 7.01. The Hall–Kier alpha value is -0.960. The minimum atomic E-state index is -0.621. The molecular formula is C16H22O2S. The Bertz CT molecular complexity index is 416. The van der Waals surface area contributed by atoms with Gasteiger partial charge in [0.1, 0.15) is 0 Å². The lowest BCUT2D eigenvalue weighted by molar-refractivity contribution is -0.142. The fourth-order valence-electron chi connectivity index (χ4n) is 2.94. The second kappa shape index (κ2) is 6.47. The number of hydrogen-bond acceptors (Lipinski definition) is 2.